The van der Waals surface area contributed by atoms with Crippen LogP contribution in [-0.2, 0) is 0 Å². The van der Waals surface area contributed by atoms with Crippen molar-refractivity contribution < 1.29 is 5.21 Å². The Morgan fingerprint density at radius 1 is 1.50 bits per heavy atom. The zero-order valence-corrected chi connectivity index (χ0v) is 8.70. The van der Waals surface area contributed by atoms with Crippen LogP contribution in [0.25, 0.3) is 5.82 Å². The van der Waals surface area contributed by atoms with Crippen LogP contribution in [0.15, 0.2) is 35.7 Å². The third kappa shape index (κ3) is 1.72. The minimum absolute atomic E-state index is 0.0104. The lowest BCUT2D eigenvalue weighted by atomic mass is 10.2. The van der Waals surface area contributed by atoms with Crippen molar-refractivity contribution in [2.75, 3.05) is 0 Å². The molecular formula is C10H11N5O. The molecule has 2 heterocycles. The first-order chi connectivity index (χ1) is 7.72. The Morgan fingerprint density at radius 3 is 2.94 bits per heavy atom. The number of hydrogen-bond donors (Lipinski definition) is 2. The molecule has 0 aromatic carbocycles. The molecule has 2 aromatic heterocycles. The first-order valence-corrected chi connectivity index (χ1v) is 4.68. The number of hydrogen-bond acceptors (Lipinski definition) is 4. The lowest BCUT2D eigenvalue weighted by molar-refractivity contribution is 0.318. The van der Waals surface area contributed by atoms with Crippen molar-refractivity contribution in [3.8, 4) is 5.82 Å². The van der Waals surface area contributed by atoms with Gasteiger partial charge in [0, 0.05) is 12.4 Å². The number of nitrogens with two attached hydrogens (primary N) is 1. The number of rotatable bonds is 2. The van der Waals surface area contributed by atoms with E-state index in [0.29, 0.717) is 11.4 Å². The van der Waals surface area contributed by atoms with Crippen molar-refractivity contribution in [3.05, 3.63) is 41.9 Å². The molecule has 0 aliphatic heterocycles. The van der Waals surface area contributed by atoms with E-state index >= 15 is 0 Å². The van der Waals surface area contributed by atoms with Gasteiger partial charge < -0.3 is 10.9 Å². The Hall–Kier alpha value is -2.37. The quantitative estimate of drug-likeness (QED) is 0.335. The monoisotopic (exact) mass is 217 g/mol. The van der Waals surface area contributed by atoms with Crippen molar-refractivity contribution in [3.63, 3.8) is 0 Å². The van der Waals surface area contributed by atoms with E-state index in [4.69, 9.17) is 10.9 Å². The van der Waals surface area contributed by atoms with Gasteiger partial charge in [0.2, 0.25) is 0 Å². The molecule has 0 unspecified atom stereocenters. The van der Waals surface area contributed by atoms with Gasteiger partial charge in [-0.25, -0.2) is 9.67 Å². The Bertz CT molecular complexity index is 532. The third-order valence-electron chi connectivity index (χ3n) is 2.11. The smallest absolute Gasteiger partial charge is 0.173 e. The molecule has 0 radical (unpaired) electrons. The zero-order valence-electron chi connectivity index (χ0n) is 8.70. The lowest BCUT2D eigenvalue weighted by Crippen LogP contribution is -2.17. The van der Waals surface area contributed by atoms with E-state index in [2.05, 4.69) is 15.2 Å². The van der Waals surface area contributed by atoms with Gasteiger partial charge in [-0.2, -0.15) is 5.10 Å². The predicted molar refractivity (Wildman–Crippen MR) is 58.6 cm³/mol. The van der Waals surface area contributed by atoms with Crippen molar-refractivity contribution in [1.82, 2.24) is 14.8 Å². The van der Waals surface area contributed by atoms with Crippen LogP contribution in [0.1, 0.15) is 11.3 Å². The van der Waals surface area contributed by atoms with Crippen molar-refractivity contribution >= 4 is 5.84 Å². The summed E-state index contributed by atoms with van der Waals surface area (Å²) in [5.41, 5.74) is 6.96. The summed E-state index contributed by atoms with van der Waals surface area (Å²) in [4.78, 5) is 4.16. The molecule has 2 aromatic rings. The van der Waals surface area contributed by atoms with Crippen LogP contribution in [0.5, 0.6) is 0 Å². The van der Waals surface area contributed by atoms with Crippen LogP contribution in [-0.4, -0.2) is 25.8 Å². The van der Waals surface area contributed by atoms with Crippen LogP contribution < -0.4 is 5.73 Å². The number of oxime groups is 1. The SMILES string of the molecule is Cc1ccn(-c2ncccc2C(N)=NO)n1. The molecule has 0 fully saturated rings. The molecule has 6 heteroatoms. The van der Waals surface area contributed by atoms with Crippen LogP contribution in [0.3, 0.4) is 0 Å². The number of nitrogens with zero attached hydrogens (tertiary/aromatic N) is 4. The number of pyridine rings is 1. The van der Waals surface area contributed by atoms with E-state index < -0.39 is 0 Å². The van der Waals surface area contributed by atoms with Gasteiger partial charge in [-0.05, 0) is 25.1 Å². The number of aryl methyl sites for hydroxylation is 1. The Balaban J connectivity index is 2.57. The van der Waals surface area contributed by atoms with E-state index in [1.807, 2.05) is 13.0 Å². The molecule has 3 N–H and O–H groups in total. The van der Waals surface area contributed by atoms with Gasteiger partial charge in [0.05, 0.1) is 11.3 Å². The molecule has 0 atom stereocenters. The van der Waals surface area contributed by atoms with Gasteiger partial charge in [-0.1, -0.05) is 5.16 Å². The largest absolute Gasteiger partial charge is 0.409 e. The summed E-state index contributed by atoms with van der Waals surface area (Å²) in [6.07, 6.45) is 3.40. The number of amidine groups is 1. The highest BCUT2D eigenvalue weighted by molar-refractivity contribution is 5.99. The van der Waals surface area contributed by atoms with Crippen LogP contribution in [0.2, 0.25) is 0 Å². The average Bonchev–Trinajstić information content (AvgIpc) is 2.75. The maximum atomic E-state index is 8.67. The minimum atomic E-state index is 0.0104. The lowest BCUT2D eigenvalue weighted by Gasteiger charge is -2.06. The van der Waals surface area contributed by atoms with Crippen molar-refractivity contribution in [2.24, 2.45) is 10.9 Å². The molecule has 0 amide bonds. The maximum absolute atomic E-state index is 8.67. The normalized spacial score (nSPS) is 11.7. The summed E-state index contributed by atoms with van der Waals surface area (Å²) >= 11 is 0. The average molecular weight is 217 g/mol. The molecule has 2 rings (SSSR count). The maximum Gasteiger partial charge on any atom is 0.173 e. The first kappa shape index (κ1) is 10.2. The zero-order chi connectivity index (χ0) is 11.5. The third-order valence-corrected chi connectivity index (χ3v) is 2.11. The standard InChI is InChI=1S/C10H11N5O/c1-7-4-6-15(13-7)10-8(9(11)14-16)3-2-5-12-10/h2-6,16H,1H3,(H2,11,14). The van der Waals surface area contributed by atoms with E-state index in [1.54, 1.807) is 29.2 Å². The molecule has 0 saturated heterocycles. The minimum Gasteiger partial charge on any atom is -0.409 e. The van der Waals surface area contributed by atoms with Gasteiger partial charge >= 0.3 is 0 Å². The van der Waals surface area contributed by atoms with Crippen molar-refractivity contribution in [1.29, 1.82) is 0 Å². The summed E-state index contributed by atoms with van der Waals surface area (Å²) in [5, 5.41) is 15.9. The van der Waals surface area contributed by atoms with Gasteiger partial charge in [0.15, 0.2) is 11.7 Å². The molecule has 0 spiro atoms. The molecule has 0 saturated carbocycles. The molecule has 0 aliphatic rings. The molecular weight excluding hydrogens is 206 g/mol. The highest BCUT2D eigenvalue weighted by atomic mass is 16.4. The highest BCUT2D eigenvalue weighted by Gasteiger charge is 2.10. The summed E-state index contributed by atoms with van der Waals surface area (Å²) in [6, 6.07) is 5.28. The number of aromatic nitrogens is 3. The van der Waals surface area contributed by atoms with E-state index in [9.17, 15) is 0 Å². The molecule has 6 nitrogen and oxygen atoms in total. The molecule has 0 aliphatic carbocycles. The van der Waals surface area contributed by atoms with Gasteiger partial charge in [-0.15, -0.1) is 0 Å². The van der Waals surface area contributed by atoms with Crippen molar-refractivity contribution in [2.45, 2.75) is 6.92 Å². The van der Waals surface area contributed by atoms with E-state index in [-0.39, 0.29) is 5.84 Å². The van der Waals surface area contributed by atoms with Crippen LogP contribution >= 0.6 is 0 Å². The molecule has 0 bridgehead atoms. The fourth-order valence-electron chi connectivity index (χ4n) is 1.37. The summed E-state index contributed by atoms with van der Waals surface area (Å²) in [6.45, 7) is 1.88. The Morgan fingerprint density at radius 2 is 2.31 bits per heavy atom. The van der Waals surface area contributed by atoms with Crippen LogP contribution in [0, 0.1) is 6.92 Å². The van der Waals surface area contributed by atoms with Gasteiger partial charge in [-0.3, -0.25) is 0 Å². The fraction of sp³-hybridized carbons (Fsp3) is 0.100. The summed E-state index contributed by atoms with van der Waals surface area (Å²) in [5.74, 6) is 0.544. The summed E-state index contributed by atoms with van der Waals surface area (Å²) in [7, 11) is 0. The second kappa shape index (κ2) is 4.01. The van der Waals surface area contributed by atoms with E-state index in [0.717, 1.165) is 5.69 Å². The highest BCUT2D eigenvalue weighted by Crippen LogP contribution is 2.10. The second-order valence-electron chi connectivity index (χ2n) is 3.26. The Kier molecular flexibility index (Phi) is 2.55. The summed E-state index contributed by atoms with van der Waals surface area (Å²) < 4.78 is 1.59. The van der Waals surface area contributed by atoms with Gasteiger partial charge in [0.25, 0.3) is 0 Å². The molecule has 16 heavy (non-hydrogen) atoms. The van der Waals surface area contributed by atoms with Gasteiger partial charge in [0.1, 0.15) is 0 Å². The van der Waals surface area contributed by atoms with Crippen LogP contribution in [0.4, 0.5) is 0 Å². The second-order valence-corrected chi connectivity index (χ2v) is 3.26. The first-order valence-electron chi connectivity index (χ1n) is 4.68. The molecule has 82 valence electrons. The van der Waals surface area contributed by atoms with E-state index in [1.165, 1.54) is 0 Å². The Labute approximate surface area is 92.0 Å². The predicted octanol–water partition coefficient (Wildman–Crippen LogP) is 0.670. The topological polar surface area (TPSA) is 89.3 Å². The fourth-order valence-corrected chi connectivity index (χ4v) is 1.37.